The highest BCUT2D eigenvalue weighted by molar-refractivity contribution is 6.30. The van der Waals surface area contributed by atoms with Crippen molar-refractivity contribution in [1.82, 2.24) is 4.90 Å². The molecule has 1 amide bonds. The van der Waals surface area contributed by atoms with E-state index < -0.39 is 0 Å². The standard InChI is InChI=1S/C15H20ClNO2/c1-5-11(2)17(3)15(18)9-6-12-10-13(16)7-8-14(12)19-4/h6-11H,5H2,1-4H3. The summed E-state index contributed by atoms with van der Waals surface area (Å²) >= 11 is 5.94. The van der Waals surface area contributed by atoms with Crippen molar-refractivity contribution < 1.29 is 9.53 Å². The normalized spacial score (nSPS) is 12.5. The summed E-state index contributed by atoms with van der Waals surface area (Å²) in [7, 11) is 3.39. The largest absolute Gasteiger partial charge is 0.496 e. The van der Waals surface area contributed by atoms with E-state index in [1.165, 1.54) is 0 Å². The Morgan fingerprint density at radius 3 is 2.79 bits per heavy atom. The molecule has 0 heterocycles. The Balaban J connectivity index is 2.87. The molecule has 4 heteroatoms. The Morgan fingerprint density at radius 2 is 2.21 bits per heavy atom. The molecule has 104 valence electrons. The zero-order valence-electron chi connectivity index (χ0n) is 11.8. The predicted octanol–water partition coefficient (Wildman–Crippen LogP) is 3.62. The van der Waals surface area contributed by atoms with E-state index in [4.69, 9.17) is 16.3 Å². The lowest BCUT2D eigenvalue weighted by atomic mass is 10.1. The molecule has 0 aliphatic rings. The van der Waals surface area contributed by atoms with Gasteiger partial charge in [-0.25, -0.2) is 0 Å². The average molecular weight is 282 g/mol. The SMILES string of the molecule is CCC(C)N(C)C(=O)C=Cc1cc(Cl)ccc1OC. The van der Waals surface area contributed by atoms with Gasteiger partial charge in [-0.2, -0.15) is 0 Å². The third-order valence-corrected chi connectivity index (χ3v) is 3.43. The van der Waals surface area contributed by atoms with Crippen molar-refractivity contribution in [2.45, 2.75) is 26.3 Å². The van der Waals surface area contributed by atoms with Gasteiger partial charge in [0.1, 0.15) is 5.75 Å². The summed E-state index contributed by atoms with van der Waals surface area (Å²) in [6.45, 7) is 4.07. The maximum atomic E-state index is 12.0. The highest BCUT2D eigenvalue weighted by atomic mass is 35.5. The highest BCUT2D eigenvalue weighted by Gasteiger charge is 2.11. The molecule has 0 radical (unpaired) electrons. The van der Waals surface area contributed by atoms with Crippen molar-refractivity contribution in [2.75, 3.05) is 14.2 Å². The van der Waals surface area contributed by atoms with Gasteiger partial charge in [-0.05, 0) is 37.6 Å². The third-order valence-electron chi connectivity index (χ3n) is 3.20. The summed E-state index contributed by atoms with van der Waals surface area (Å²) in [4.78, 5) is 13.7. The molecule has 0 saturated heterocycles. The lowest BCUT2D eigenvalue weighted by Gasteiger charge is -2.22. The zero-order valence-corrected chi connectivity index (χ0v) is 12.6. The summed E-state index contributed by atoms with van der Waals surface area (Å²) in [5, 5.41) is 0.614. The van der Waals surface area contributed by atoms with Crippen molar-refractivity contribution in [3.63, 3.8) is 0 Å². The number of hydrogen-bond donors (Lipinski definition) is 0. The van der Waals surface area contributed by atoms with Gasteiger partial charge < -0.3 is 9.64 Å². The van der Waals surface area contributed by atoms with Gasteiger partial charge in [0, 0.05) is 29.8 Å². The number of ether oxygens (including phenoxy) is 1. The molecule has 0 saturated carbocycles. The van der Waals surface area contributed by atoms with Gasteiger partial charge in [-0.15, -0.1) is 0 Å². The molecular formula is C15H20ClNO2. The van der Waals surface area contributed by atoms with Crippen LogP contribution in [-0.2, 0) is 4.79 Å². The summed E-state index contributed by atoms with van der Waals surface area (Å²) < 4.78 is 5.23. The van der Waals surface area contributed by atoms with E-state index in [-0.39, 0.29) is 11.9 Å². The van der Waals surface area contributed by atoms with Crippen LogP contribution in [0.5, 0.6) is 5.75 Å². The number of hydrogen-bond acceptors (Lipinski definition) is 2. The molecule has 0 fully saturated rings. The number of nitrogens with zero attached hydrogens (tertiary/aromatic N) is 1. The average Bonchev–Trinajstić information content (AvgIpc) is 2.43. The molecule has 19 heavy (non-hydrogen) atoms. The van der Waals surface area contributed by atoms with Gasteiger partial charge in [-0.1, -0.05) is 18.5 Å². The van der Waals surface area contributed by atoms with Gasteiger partial charge in [0.25, 0.3) is 0 Å². The van der Waals surface area contributed by atoms with Gasteiger partial charge in [0.05, 0.1) is 7.11 Å². The number of carbonyl (C=O) groups excluding carboxylic acids is 1. The Bertz CT molecular complexity index is 471. The topological polar surface area (TPSA) is 29.5 Å². The molecule has 0 spiro atoms. The zero-order chi connectivity index (χ0) is 14.4. The number of rotatable bonds is 5. The second kappa shape index (κ2) is 7.19. The fourth-order valence-electron chi connectivity index (χ4n) is 1.61. The monoisotopic (exact) mass is 281 g/mol. The maximum Gasteiger partial charge on any atom is 0.246 e. The number of benzene rings is 1. The van der Waals surface area contributed by atoms with Crippen LogP contribution in [0.15, 0.2) is 24.3 Å². The van der Waals surface area contributed by atoms with Crippen LogP contribution in [0, 0.1) is 0 Å². The van der Waals surface area contributed by atoms with Crippen molar-refractivity contribution in [3.05, 3.63) is 34.9 Å². The second-order valence-corrected chi connectivity index (χ2v) is 4.86. The van der Waals surface area contributed by atoms with Crippen LogP contribution in [-0.4, -0.2) is 31.0 Å². The summed E-state index contributed by atoms with van der Waals surface area (Å²) in [5.41, 5.74) is 0.793. The molecule has 0 N–H and O–H groups in total. The van der Waals surface area contributed by atoms with Gasteiger partial charge in [-0.3, -0.25) is 4.79 Å². The number of methoxy groups -OCH3 is 1. The van der Waals surface area contributed by atoms with Crippen LogP contribution in [0.4, 0.5) is 0 Å². The van der Waals surface area contributed by atoms with Crippen LogP contribution in [0.25, 0.3) is 6.08 Å². The number of likely N-dealkylation sites (N-methyl/N-ethyl adjacent to an activating group) is 1. The molecule has 0 aromatic heterocycles. The van der Waals surface area contributed by atoms with E-state index >= 15 is 0 Å². The third kappa shape index (κ3) is 4.28. The molecule has 3 nitrogen and oxygen atoms in total. The smallest absolute Gasteiger partial charge is 0.246 e. The van der Waals surface area contributed by atoms with E-state index in [1.807, 2.05) is 6.92 Å². The number of amides is 1. The first kappa shape index (κ1) is 15.6. The fraction of sp³-hybridized carbons (Fsp3) is 0.400. The molecule has 1 unspecified atom stereocenters. The molecule has 0 aliphatic heterocycles. The quantitative estimate of drug-likeness (QED) is 0.772. The van der Waals surface area contributed by atoms with Crippen molar-refractivity contribution >= 4 is 23.6 Å². The van der Waals surface area contributed by atoms with E-state index in [9.17, 15) is 4.79 Å². The lowest BCUT2D eigenvalue weighted by molar-refractivity contribution is -0.126. The molecule has 1 rings (SSSR count). The van der Waals surface area contributed by atoms with Crippen molar-refractivity contribution in [2.24, 2.45) is 0 Å². The Morgan fingerprint density at radius 1 is 1.53 bits per heavy atom. The lowest BCUT2D eigenvalue weighted by Crippen LogP contribution is -2.33. The van der Waals surface area contributed by atoms with E-state index in [0.29, 0.717) is 10.8 Å². The summed E-state index contributed by atoms with van der Waals surface area (Å²) in [6.07, 6.45) is 4.20. The van der Waals surface area contributed by atoms with Gasteiger partial charge >= 0.3 is 0 Å². The number of halogens is 1. The Kier molecular flexibility index (Phi) is 5.90. The maximum absolute atomic E-state index is 12.0. The predicted molar refractivity (Wildman–Crippen MR) is 79.6 cm³/mol. The molecular weight excluding hydrogens is 262 g/mol. The van der Waals surface area contributed by atoms with Crippen LogP contribution < -0.4 is 4.74 Å². The van der Waals surface area contributed by atoms with E-state index in [1.54, 1.807) is 49.4 Å². The highest BCUT2D eigenvalue weighted by Crippen LogP contribution is 2.23. The van der Waals surface area contributed by atoms with Crippen LogP contribution in [0.2, 0.25) is 5.02 Å². The van der Waals surface area contributed by atoms with Gasteiger partial charge in [0.2, 0.25) is 5.91 Å². The Labute approximate surface area is 119 Å². The minimum Gasteiger partial charge on any atom is -0.496 e. The molecule has 0 bridgehead atoms. The Hall–Kier alpha value is -1.48. The summed E-state index contributed by atoms with van der Waals surface area (Å²) in [5.74, 6) is 0.663. The molecule has 1 aromatic carbocycles. The van der Waals surface area contributed by atoms with Crippen molar-refractivity contribution in [1.29, 1.82) is 0 Å². The molecule has 1 aromatic rings. The minimum absolute atomic E-state index is 0.0311. The first-order valence-corrected chi connectivity index (χ1v) is 6.65. The molecule has 0 aliphatic carbocycles. The molecule has 1 atom stereocenters. The fourth-order valence-corrected chi connectivity index (χ4v) is 1.79. The summed E-state index contributed by atoms with van der Waals surface area (Å²) in [6, 6.07) is 5.53. The first-order valence-electron chi connectivity index (χ1n) is 6.28. The van der Waals surface area contributed by atoms with Crippen LogP contribution >= 0.6 is 11.6 Å². The second-order valence-electron chi connectivity index (χ2n) is 4.43. The van der Waals surface area contributed by atoms with E-state index in [2.05, 4.69) is 6.92 Å². The first-order chi connectivity index (χ1) is 8.99. The minimum atomic E-state index is -0.0311. The van der Waals surface area contributed by atoms with Crippen LogP contribution in [0.3, 0.4) is 0 Å². The van der Waals surface area contributed by atoms with Crippen LogP contribution in [0.1, 0.15) is 25.8 Å². The van der Waals surface area contributed by atoms with Gasteiger partial charge in [0.15, 0.2) is 0 Å². The van der Waals surface area contributed by atoms with Crippen molar-refractivity contribution in [3.8, 4) is 5.75 Å². The van der Waals surface area contributed by atoms with E-state index in [0.717, 1.165) is 12.0 Å². The number of carbonyl (C=O) groups is 1.